The predicted octanol–water partition coefficient (Wildman–Crippen LogP) is 2.89. The number of nitrogens with one attached hydrogen (secondary N) is 2. The number of amides is 1. The fraction of sp³-hybridized carbons (Fsp3) is 0.471. The van der Waals surface area contributed by atoms with Gasteiger partial charge < -0.3 is 5.32 Å². The minimum atomic E-state index is -3.69. The van der Waals surface area contributed by atoms with Gasteiger partial charge in [0.15, 0.2) is 10.6 Å². The molecule has 1 saturated carbocycles. The van der Waals surface area contributed by atoms with E-state index in [4.69, 9.17) is 23.8 Å². The molecule has 0 spiro atoms. The van der Waals surface area contributed by atoms with Crippen LogP contribution in [0.25, 0.3) is 0 Å². The average molecular weight is 444 g/mol. The zero-order valence-electron chi connectivity index (χ0n) is 15.6. The molecule has 1 fully saturated rings. The molecule has 1 aliphatic carbocycles. The maximum atomic E-state index is 12.7. The molecule has 0 aliphatic heterocycles. The molecule has 0 saturated heterocycles. The van der Waals surface area contributed by atoms with Crippen LogP contribution >= 0.6 is 23.8 Å². The third kappa shape index (κ3) is 4.14. The van der Waals surface area contributed by atoms with Crippen LogP contribution in [0.15, 0.2) is 23.1 Å². The van der Waals surface area contributed by atoms with Crippen molar-refractivity contribution >= 4 is 39.7 Å². The number of halogens is 1. The van der Waals surface area contributed by atoms with E-state index in [9.17, 15) is 13.2 Å². The summed E-state index contributed by atoms with van der Waals surface area (Å²) < 4.78 is 29.2. The smallest absolute Gasteiger partial charge is 0.253 e. The summed E-state index contributed by atoms with van der Waals surface area (Å²) in [6, 6.07) is 4.46. The molecule has 0 radical (unpaired) electrons. The number of hydrogen-bond acceptors (Lipinski definition) is 5. The fourth-order valence-corrected chi connectivity index (χ4v) is 4.97. The van der Waals surface area contributed by atoms with Crippen molar-refractivity contribution in [3.63, 3.8) is 0 Å². The summed E-state index contributed by atoms with van der Waals surface area (Å²) in [5, 5.41) is 9.83. The van der Waals surface area contributed by atoms with Crippen LogP contribution in [0.4, 0.5) is 0 Å². The van der Waals surface area contributed by atoms with Crippen LogP contribution in [0.3, 0.4) is 0 Å². The van der Waals surface area contributed by atoms with Crippen LogP contribution in [0, 0.1) is 4.77 Å². The molecule has 152 valence electrons. The Bertz CT molecular complexity index is 1040. The van der Waals surface area contributed by atoms with E-state index in [0.717, 1.165) is 12.8 Å². The SMILES string of the molecule is CCN(CC)S(=O)(=O)c1ccc(Cl)c(C(=O)NCc2n[nH]c(=S)n2C2CC2)c1. The lowest BCUT2D eigenvalue weighted by Crippen LogP contribution is -2.31. The van der Waals surface area contributed by atoms with Crippen molar-refractivity contribution in [2.75, 3.05) is 13.1 Å². The summed E-state index contributed by atoms with van der Waals surface area (Å²) in [5.74, 6) is 0.154. The number of nitrogens with zero attached hydrogens (tertiary/aromatic N) is 3. The Labute approximate surface area is 173 Å². The Morgan fingerprint density at radius 1 is 1.39 bits per heavy atom. The van der Waals surface area contributed by atoms with Gasteiger partial charge in [-0.2, -0.15) is 9.40 Å². The van der Waals surface area contributed by atoms with Gasteiger partial charge in [0.05, 0.1) is 22.0 Å². The maximum absolute atomic E-state index is 12.7. The van der Waals surface area contributed by atoms with E-state index in [1.807, 2.05) is 4.57 Å². The van der Waals surface area contributed by atoms with Gasteiger partial charge in [-0.3, -0.25) is 14.5 Å². The van der Waals surface area contributed by atoms with E-state index in [1.54, 1.807) is 13.8 Å². The van der Waals surface area contributed by atoms with Gasteiger partial charge >= 0.3 is 0 Å². The van der Waals surface area contributed by atoms with E-state index < -0.39 is 15.9 Å². The van der Waals surface area contributed by atoms with Crippen molar-refractivity contribution in [1.82, 2.24) is 24.4 Å². The molecular weight excluding hydrogens is 422 g/mol. The first-order valence-electron chi connectivity index (χ1n) is 9.03. The molecule has 1 aromatic heterocycles. The molecule has 8 nitrogen and oxygen atoms in total. The minimum absolute atomic E-state index is 0.0337. The molecule has 1 amide bonds. The van der Waals surface area contributed by atoms with Crippen molar-refractivity contribution in [2.24, 2.45) is 0 Å². The second kappa shape index (κ2) is 8.32. The van der Waals surface area contributed by atoms with Gasteiger partial charge in [0, 0.05) is 19.1 Å². The maximum Gasteiger partial charge on any atom is 0.253 e. The molecule has 1 aromatic carbocycles. The highest BCUT2D eigenvalue weighted by Crippen LogP contribution is 2.35. The standard InChI is InChI=1S/C17H22ClN5O3S2/c1-3-22(4-2)28(25,26)12-7-8-14(18)13(9-12)16(24)19-10-15-20-21-17(27)23(15)11-5-6-11/h7-9,11H,3-6,10H2,1-2H3,(H,19,24)(H,21,27). The Balaban J connectivity index is 1.81. The van der Waals surface area contributed by atoms with E-state index in [0.29, 0.717) is 29.7 Å². The second-order valence-corrected chi connectivity index (χ2v) is 9.19. The first kappa shape index (κ1) is 21.0. The highest BCUT2D eigenvalue weighted by atomic mass is 35.5. The van der Waals surface area contributed by atoms with Crippen molar-refractivity contribution in [2.45, 2.75) is 44.2 Å². The van der Waals surface area contributed by atoms with Crippen molar-refractivity contribution in [1.29, 1.82) is 0 Å². The highest BCUT2D eigenvalue weighted by Gasteiger charge is 2.28. The third-order valence-electron chi connectivity index (χ3n) is 4.62. The van der Waals surface area contributed by atoms with E-state index in [2.05, 4.69) is 15.5 Å². The molecule has 0 atom stereocenters. The molecule has 2 N–H and O–H groups in total. The Hall–Kier alpha value is -1.75. The Kier molecular flexibility index (Phi) is 6.23. The number of aromatic nitrogens is 3. The lowest BCUT2D eigenvalue weighted by molar-refractivity contribution is 0.0949. The minimum Gasteiger partial charge on any atom is -0.345 e. The number of hydrogen-bond donors (Lipinski definition) is 2. The van der Waals surface area contributed by atoms with Gasteiger partial charge in [0.2, 0.25) is 10.0 Å². The number of carbonyl (C=O) groups excluding carboxylic acids is 1. The van der Waals surface area contributed by atoms with E-state index in [1.165, 1.54) is 22.5 Å². The average Bonchev–Trinajstić information content (AvgIpc) is 3.43. The molecule has 11 heteroatoms. The predicted molar refractivity (Wildman–Crippen MR) is 108 cm³/mol. The second-order valence-electron chi connectivity index (χ2n) is 6.46. The zero-order valence-corrected chi connectivity index (χ0v) is 18.0. The molecule has 1 heterocycles. The molecule has 2 aromatic rings. The van der Waals surface area contributed by atoms with E-state index >= 15 is 0 Å². The lowest BCUT2D eigenvalue weighted by Gasteiger charge is -2.19. The summed E-state index contributed by atoms with van der Waals surface area (Å²) in [5.41, 5.74) is 0.0991. The summed E-state index contributed by atoms with van der Waals surface area (Å²) in [4.78, 5) is 12.7. The third-order valence-corrected chi connectivity index (χ3v) is 7.29. The largest absolute Gasteiger partial charge is 0.345 e. The van der Waals surface area contributed by atoms with Crippen LogP contribution in [-0.2, 0) is 16.6 Å². The highest BCUT2D eigenvalue weighted by molar-refractivity contribution is 7.89. The van der Waals surface area contributed by atoms with Crippen LogP contribution in [0.5, 0.6) is 0 Å². The zero-order chi connectivity index (χ0) is 20.5. The Morgan fingerprint density at radius 2 is 2.07 bits per heavy atom. The number of H-pyrrole nitrogens is 1. The summed E-state index contributed by atoms with van der Waals surface area (Å²) in [7, 11) is -3.69. The number of aromatic amines is 1. The van der Waals surface area contributed by atoms with Gasteiger partial charge in [0.1, 0.15) is 0 Å². The number of sulfonamides is 1. The van der Waals surface area contributed by atoms with Crippen molar-refractivity contribution < 1.29 is 13.2 Å². The van der Waals surface area contributed by atoms with Crippen LogP contribution in [0.1, 0.15) is 48.9 Å². The number of rotatable bonds is 8. The fourth-order valence-electron chi connectivity index (χ4n) is 2.98. The van der Waals surface area contributed by atoms with Crippen molar-refractivity contribution in [3.05, 3.63) is 39.4 Å². The molecular formula is C17H22ClN5O3S2. The summed E-state index contributed by atoms with van der Waals surface area (Å²) in [6.07, 6.45) is 2.07. The van der Waals surface area contributed by atoms with Gasteiger partial charge in [-0.05, 0) is 43.3 Å². The molecule has 0 unspecified atom stereocenters. The molecule has 0 bridgehead atoms. The van der Waals surface area contributed by atoms with Gasteiger partial charge in [-0.25, -0.2) is 8.42 Å². The first-order valence-corrected chi connectivity index (χ1v) is 11.3. The van der Waals surface area contributed by atoms with E-state index in [-0.39, 0.29) is 22.0 Å². The van der Waals surface area contributed by atoms with Crippen LogP contribution < -0.4 is 5.32 Å². The number of benzene rings is 1. The number of carbonyl (C=O) groups is 1. The lowest BCUT2D eigenvalue weighted by atomic mass is 10.2. The Morgan fingerprint density at radius 3 is 2.68 bits per heavy atom. The van der Waals surface area contributed by atoms with Gasteiger partial charge in [0.25, 0.3) is 5.91 Å². The molecule has 1 aliphatic rings. The summed E-state index contributed by atoms with van der Waals surface area (Å²) >= 11 is 11.4. The summed E-state index contributed by atoms with van der Waals surface area (Å²) in [6.45, 7) is 4.36. The quantitative estimate of drug-likeness (QED) is 0.611. The first-order chi connectivity index (χ1) is 13.3. The topological polar surface area (TPSA) is 100 Å². The van der Waals surface area contributed by atoms with Crippen LogP contribution in [0.2, 0.25) is 5.02 Å². The monoisotopic (exact) mass is 443 g/mol. The molecule has 3 rings (SSSR count). The van der Waals surface area contributed by atoms with Crippen LogP contribution in [-0.4, -0.2) is 46.5 Å². The van der Waals surface area contributed by atoms with Gasteiger partial charge in [-0.15, -0.1) is 0 Å². The molecule has 28 heavy (non-hydrogen) atoms. The van der Waals surface area contributed by atoms with Crippen molar-refractivity contribution in [3.8, 4) is 0 Å². The normalized spacial score (nSPS) is 14.4. The van der Waals surface area contributed by atoms with Gasteiger partial charge in [-0.1, -0.05) is 25.4 Å².